The predicted molar refractivity (Wildman–Crippen MR) is 37.7 cm³/mol. The van der Waals surface area contributed by atoms with Crippen LogP contribution in [0, 0.1) is 5.92 Å². The van der Waals surface area contributed by atoms with Gasteiger partial charge in [0.2, 0.25) is 0 Å². The van der Waals surface area contributed by atoms with Gasteiger partial charge in [0.05, 0.1) is 11.6 Å². The van der Waals surface area contributed by atoms with Gasteiger partial charge in [-0.3, -0.25) is 0 Å². The molecule has 0 spiro atoms. The molecule has 0 bridgehead atoms. The number of nitrogens with zero attached hydrogens (tertiary/aromatic N) is 2. The topological polar surface area (TPSA) is 24.7 Å². The third-order valence-electron chi connectivity index (χ3n) is 1.44. The van der Waals surface area contributed by atoms with Crippen molar-refractivity contribution < 1.29 is 0 Å². The maximum Gasteiger partial charge on any atom is 0.0753 e. The number of fused-ring (bicyclic) bond motifs is 1. The van der Waals surface area contributed by atoms with Crippen LogP contribution in [0.4, 0.5) is 0 Å². The molecule has 0 radical (unpaired) electrons. The smallest absolute Gasteiger partial charge is 0.0753 e. The van der Waals surface area contributed by atoms with Gasteiger partial charge in [0.1, 0.15) is 0 Å². The van der Waals surface area contributed by atoms with Crippen LogP contribution >= 0.6 is 0 Å². The molecule has 1 atom stereocenters. The summed E-state index contributed by atoms with van der Waals surface area (Å²) in [6, 6.07) is 0. The van der Waals surface area contributed by atoms with E-state index in [1.54, 1.807) is 0 Å². The number of hydrogen-bond acceptors (Lipinski definition) is 2. The summed E-state index contributed by atoms with van der Waals surface area (Å²) in [7, 11) is 0. The molecule has 0 amide bonds. The molecule has 2 aliphatic rings. The van der Waals surface area contributed by atoms with Crippen molar-refractivity contribution in [3.8, 4) is 0 Å². The Morgan fingerprint density at radius 2 is 2.33 bits per heavy atom. The maximum absolute atomic E-state index is 3.91. The lowest BCUT2D eigenvalue weighted by atomic mass is 10.0. The highest BCUT2D eigenvalue weighted by Crippen LogP contribution is 2.11. The molecule has 1 heterocycles. The van der Waals surface area contributed by atoms with E-state index in [9.17, 15) is 0 Å². The monoisotopic (exact) mass is 118 g/mol. The molecule has 1 aliphatic carbocycles. The molecule has 0 aromatic carbocycles. The normalized spacial score (nSPS) is 28.4. The molecule has 0 aromatic heterocycles. The van der Waals surface area contributed by atoms with Crippen LogP contribution in [0.3, 0.4) is 0 Å². The van der Waals surface area contributed by atoms with Gasteiger partial charge in [-0.05, 0) is 6.08 Å². The van der Waals surface area contributed by atoms with Crippen molar-refractivity contribution in [1.29, 1.82) is 0 Å². The van der Waals surface area contributed by atoms with Gasteiger partial charge in [-0.2, -0.15) is 10.2 Å². The SMILES string of the molecule is C1=CC2=NN=CC2C=C1. The number of allylic oxidation sites excluding steroid dienone is 4. The minimum absolute atomic E-state index is 0.356. The molecular weight excluding hydrogens is 112 g/mol. The molecule has 0 saturated carbocycles. The van der Waals surface area contributed by atoms with E-state index < -0.39 is 0 Å². The van der Waals surface area contributed by atoms with Crippen LogP contribution < -0.4 is 0 Å². The van der Waals surface area contributed by atoms with E-state index in [0.717, 1.165) is 5.71 Å². The second-order valence-electron chi connectivity index (χ2n) is 2.06. The molecule has 0 fully saturated rings. The standard InChI is InChI=1S/C7H6N2/c1-2-4-7-6(3-1)5-8-9-7/h1-6H. The van der Waals surface area contributed by atoms with Crippen molar-refractivity contribution in [2.75, 3.05) is 0 Å². The zero-order valence-corrected chi connectivity index (χ0v) is 4.86. The van der Waals surface area contributed by atoms with Crippen LogP contribution in [0.15, 0.2) is 34.5 Å². The van der Waals surface area contributed by atoms with Crippen LogP contribution in [0.1, 0.15) is 0 Å². The summed E-state index contributed by atoms with van der Waals surface area (Å²) < 4.78 is 0. The van der Waals surface area contributed by atoms with E-state index in [1.165, 1.54) is 0 Å². The van der Waals surface area contributed by atoms with Crippen molar-refractivity contribution in [2.24, 2.45) is 16.1 Å². The van der Waals surface area contributed by atoms with E-state index >= 15 is 0 Å². The van der Waals surface area contributed by atoms with Gasteiger partial charge in [0, 0.05) is 6.21 Å². The van der Waals surface area contributed by atoms with Crippen LogP contribution in [-0.4, -0.2) is 11.9 Å². The zero-order chi connectivity index (χ0) is 6.10. The Hall–Kier alpha value is -1.18. The van der Waals surface area contributed by atoms with Gasteiger partial charge in [-0.15, -0.1) is 0 Å². The number of rotatable bonds is 0. The Labute approximate surface area is 53.3 Å². The molecule has 44 valence electrons. The van der Waals surface area contributed by atoms with E-state index in [0.29, 0.717) is 5.92 Å². The van der Waals surface area contributed by atoms with Gasteiger partial charge >= 0.3 is 0 Å². The van der Waals surface area contributed by atoms with E-state index in [4.69, 9.17) is 0 Å². The van der Waals surface area contributed by atoms with Crippen LogP contribution in [0.5, 0.6) is 0 Å². The molecule has 0 N–H and O–H groups in total. The third kappa shape index (κ3) is 0.633. The summed E-state index contributed by atoms with van der Waals surface area (Å²) in [5.74, 6) is 0.356. The van der Waals surface area contributed by atoms with Crippen molar-refractivity contribution >= 4 is 11.9 Å². The lowest BCUT2D eigenvalue weighted by Crippen LogP contribution is -2.08. The first-order valence-electron chi connectivity index (χ1n) is 2.93. The quantitative estimate of drug-likeness (QED) is 0.456. The molecule has 2 nitrogen and oxygen atoms in total. The molecule has 9 heavy (non-hydrogen) atoms. The second-order valence-corrected chi connectivity index (χ2v) is 2.06. The average molecular weight is 118 g/mol. The molecule has 2 heteroatoms. The van der Waals surface area contributed by atoms with E-state index in [1.807, 2.05) is 24.4 Å². The van der Waals surface area contributed by atoms with Crippen molar-refractivity contribution in [3.05, 3.63) is 24.3 Å². The summed E-state index contributed by atoms with van der Waals surface area (Å²) >= 11 is 0. The van der Waals surface area contributed by atoms with Gasteiger partial charge in [0.15, 0.2) is 0 Å². The summed E-state index contributed by atoms with van der Waals surface area (Å²) in [5, 5.41) is 7.69. The molecule has 0 aromatic rings. The first kappa shape index (κ1) is 4.68. The minimum Gasteiger partial charge on any atom is -0.162 e. The van der Waals surface area contributed by atoms with Crippen molar-refractivity contribution in [1.82, 2.24) is 0 Å². The highest BCUT2D eigenvalue weighted by molar-refractivity contribution is 6.10. The Kier molecular flexibility index (Phi) is 0.859. The fraction of sp³-hybridized carbons (Fsp3) is 0.143. The Morgan fingerprint density at radius 1 is 1.33 bits per heavy atom. The summed E-state index contributed by atoms with van der Waals surface area (Å²) in [6.45, 7) is 0. The molecule has 1 unspecified atom stereocenters. The van der Waals surface area contributed by atoms with E-state index in [-0.39, 0.29) is 0 Å². The Bertz CT molecular complexity index is 233. The van der Waals surface area contributed by atoms with Crippen molar-refractivity contribution in [3.63, 3.8) is 0 Å². The molecular formula is C7H6N2. The third-order valence-corrected chi connectivity index (χ3v) is 1.44. The average Bonchev–Trinajstić information content (AvgIpc) is 2.33. The largest absolute Gasteiger partial charge is 0.162 e. The van der Waals surface area contributed by atoms with Gasteiger partial charge in [0.25, 0.3) is 0 Å². The highest BCUT2D eigenvalue weighted by atomic mass is 15.2. The summed E-state index contributed by atoms with van der Waals surface area (Å²) in [5.41, 5.74) is 1.05. The van der Waals surface area contributed by atoms with Gasteiger partial charge in [-0.25, -0.2) is 0 Å². The van der Waals surface area contributed by atoms with Crippen molar-refractivity contribution in [2.45, 2.75) is 0 Å². The molecule has 2 rings (SSSR count). The Morgan fingerprint density at radius 3 is 3.22 bits per heavy atom. The fourth-order valence-corrected chi connectivity index (χ4v) is 0.946. The first-order valence-corrected chi connectivity index (χ1v) is 2.93. The minimum atomic E-state index is 0.356. The first-order chi connectivity index (χ1) is 4.47. The predicted octanol–water partition coefficient (Wildman–Crippen LogP) is 1.17. The summed E-state index contributed by atoms with van der Waals surface area (Å²) in [4.78, 5) is 0. The van der Waals surface area contributed by atoms with Crippen LogP contribution in [0.2, 0.25) is 0 Å². The van der Waals surface area contributed by atoms with Crippen LogP contribution in [0.25, 0.3) is 0 Å². The fourth-order valence-electron chi connectivity index (χ4n) is 0.946. The number of hydrogen-bond donors (Lipinski definition) is 0. The second kappa shape index (κ2) is 1.65. The molecule has 1 aliphatic heterocycles. The van der Waals surface area contributed by atoms with Gasteiger partial charge in [-0.1, -0.05) is 18.2 Å². The summed E-state index contributed by atoms with van der Waals surface area (Å²) in [6.07, 6.45) is 9.90. The highest BCUT2D eigenvalue weighted by Gasteiger charge is 2.13. The Balaban J connectivity index is 2.40. The van der Waals surface area contributed by atoms with E-state index in [2.05, 4.69) is 16.3 Å². The van der Waals surface area contributed by atoms with Gasteiger partial charge < -0.3 is 0 Å². The molecule has 0 saturated heterocycles. The van der Waals surface area contributed by atoms with Crippen LogP contribution in [-0.2, 0) is 0 Å². The maximum atomic E-state index is 3.91. The zero-order valence-electron chi connectivity index (χ0n) is 4.86. The lowest BCUT2D eigenvalue weighted by molar-refractivity contribution is 1.26. The lowest BCUT2D eigenvalue weighted by Gasteiger charge is -2.01.